The van der Waals surface area contributed by atoms with E-state index in [1.165, 1.54) is 11.1 Å². The molecule has 0 aliphatic carbocycles. The van der Waals surface area contributed by atoms with Gasteiger partial charge < -0.3 is 4.74 Å². The Hall–Kier alpha value is -2.10. The average molecular weight is 322 g/mol. The summed E-state index contributed by atoms with van der Waals surface area (Å²) < 4.78 is 5.31. The molecule has 1 saturated heterocycles. The Morgan fingerprint density at radius 1 is 0.917 bits per heavy atom. The van der Waals surface area contributed by atoms with Gasteiger partial charge in [-0.25, -0.2) is 0 Å². The molecule has 3 rings (SSSR count). The minimum absolute atomic E-state index is 0.942. The van der Waals surface area contributed by atoms with E-state index < -0.39 is 0 Å². The third-order valence-electron chi connectivity index (χ3n) is 4.48. The fourth-order valence-corrected chi connectivity index (χ4v) is 3.06. The molecule has 0 unspecified atom stereocenters. The molecule has 3 nitrogen and oxygen atoms in total. The molecule has 126 valence electrons. The van der Waals surface area contributed by atoms with Gasteiger partial charge in [-0.2, -0.15) is 0 Å². The molecule has 1 fully saturated rings. The largest absolute Gasteiger partial charge is 0.497 e. The van der Waals surface area contributed by atoms with Crippen LogP contribution in [0, 0.1) is 0 Å². The van der Waals surface area contributed by atoms with Crippen molar-refractivity contribution in [2.75, 3.05) is 39.8 Å². The molecule has 0 amide bonds. The second-order valence-corrected chi connectivity index (χ2v) is 6.24. The molecular weight excluding hydrogens is 296 g/mol. The molecule has 24 heavy (non-hydrogen) atoms. The van der Waals surface area contributed by atoms with E-state index >= 15 is 0 Å². The summed E-state index contributed by atoms with van der Waals surface area (Å²) in [6.45, 7) is 6.53. The Labute approximate surface area is 145 Å². The number of methoxy groups -OCH3 is 1. The topological polar surface area (TPSA) is 15.7 Å². The van der Waals surface area contributed by atoms with E-state index in [0.717, 1.165) is 45.0 Å². The first-order valence-corrected chi connectivity index (χ1v) is 8.63. The molecule has 1 heterocycles. The van der Waals surface area contributed by atoms with Crippen LogP contribution in [0.2, 0.25) is 0 Å². The normalized spacial score (nSPS) is 16.5. The van der Waals surface area contributed by atoms with Crippen LogP contribution in [0.1, 0.15) is 11.1 Å². The van der Waals surface area contributed by atoms with Crippen molar-refractivity contribution >= 4 is 6.08 Å². The molecule has 0 aromatic heterocycles. The zero-order valence-corrected chi connectivity index (χ0v) is 14.4. The highest BCUT2D eigenvalue weighted by atomic mass is 16.5. The van der Waals surface area contributed by atoms with Gasteiger partial charge in [0.05, 0.1) is 7.11 Å². The SMILES string of the molecule is COc1cccc(CN2CCN(CC=Cc3ccccc3)CC2)c1. The van der Waals surface area contributed by atoms with E-state index in [1.54, 1.807) is 7.11 Å². The van der Waals surface area contributed by atoms with Crippen LogP contribution in [0.15, 0.2) is 60.7 Å². The number of rotatable bonds is 6. The van der Waals surface area contributed by atoms with Crippen molar-refractivity contribution in [1.29, 1.82) is 0 Å². The van der Waals surface area contributed by atoms with Crippen LogP contribution in [0.3, 0.4) is 0 Å². The predicted octanol–water partition coefficient (Wildman–Crippen LogP) is 3.53. The molecule has 0 atom stereocenters. The van der Waals surface area contributed by atoms with Gasteiger partial charge in [0.25, 0.3) is 0 Å². The van der Waals surface area contributed by atoms with Gasteiger partial charge in [-0.05, 0) is 23.3 Å². The highest BCUT2D eigenvalue weighted by Crippen LogP contribution is 2.15. The van der Waals surface area contributed by atoms with Crippen molar-refractivity contribution in [3.8, 4) is 5.75 Å². The van der Waals surface area contributed by atoms with Gasteiger partial charge in [-0.3, -0.25) is 9.80 Å². The minimum atomic E-state index is 0.942. The van der Waals surface area contributed by atoms with Crippen molar-refractivity contribution in [2.45, 2.75) is 6.54 Å². The van der Waals surface area contributed by atoms with Crippen LogP contribution in [0.4, 0.5) is 0 Å². The monoisotopic (exact) mass is 322 g/mol. The fourth-order valence-electron chi connectivity index (χ4n) is 3.06. The Morgan fingerprint density at radius 3 is 2.42 bits per heavy atom. The zero-order valence-electron chi connectivity index (χ0n) is 14.4. The van der Waals surface area contributed by atoms with Crippen molar-refractivity contribution in [2.24, 2.45) is 0 Å². The maximum Gasteiger partial charge on any atom is 0.119 e. The summed E-state index contributed by atoms with van der Waals surface area (Å²) in [5.41, 5.74) is 2.60. The summed E-state index contributed by atoms with van der Waals surface area (Å²) in [7, 11) is 1.72. The van der Waals surface area contributed by atoms with Crippen LogP contribution < -0.4 is 4.74 Å². The van der Waals surface area contributed by atoms with Crippen LogP contribution in [0.5, 0.6) is 5.75 Å². The van der Waals surface area contributed by atoms with E-state index in [2.05, 4.69) is 70.5 Å². The third kappa shape index (κ3) is 4.95. The smallest absolute Gasteiger partial charge is 0.119 e. The molecular formula is C21H26N2O. The van der Waals surface area contributed by atoms with Crippen molar-refractivity contribution in [3.05, 3.63) is 71.8 Å². The molecule has 0 saturated carbocycles. The highest BCUT2D eigenvalue weighted by molar-refractivity contribution is 5.48. The summed E-state index contributed by atoms with van der Waals surface area (Å²) >= 11 is 0. The Bertz CT molecular complexity index is 646. The predicted molar refractivity (Wildman–Crippen MR) is 100 cm³/mol. The van der Waals surface area contributed by atoms with Crippen molar-refractivity contribution in [1.82, 2.24) is 9.80 Å². The lowest BCUT2D eigenvalue weighted by Gasteiger charge is -2.34. The first kappa shape index (κ1) is 16.7. The van der Waals surface area contributed by atoms with Crippen LogP contribution >= 0.6 is 0 Å². The molecule has 3 heteroatoms. The van der Waals surface area contributed by atoms with Gasteiger partial charge in [0.1, 0.15) is 5.75 Å². The quantitative estimate of drug-likeness (QED) is 0.809. The maximum absolute atomic E-state index is 5.31. The molecule has 0 radical (unpaired) electrons. The zero-order chi connectivity index (χ0) is 16.6. The van der Waals surface area contributed by atoms with E-state index in [1.807, 2.05) is 6.07 Å². The first-order valence-electron chi connectivity index (χ1n) is 8.63. The van der Waals surface area contributed by atoms with Gasteiger partial charge in [0, 0.05) is 39.3 Å². The number of hydrogen-bond acceptors (Lipinski definition) is 3. The standard InChI is InChI=1S/C21H26N2O/c1-24-21-11-5-9-20(17-21)18-23-15-13-22(14-16-23)12-6-10-19-7-3-2-4-8-19/h2-11,17H,12-16,18H2,1H3. The lowest BCUT2D eigenvalue weighted by atomic mass is 10.2. The summed E-state index contributed by atoms with van der Waals surface area (Å²) in [5, 5.41) is 0. The van der Waals surface area contributed by atoms with Crippen LogP contribution in [0.25, 0.3) is 6.08 Å². The number of hydrogen-bond donors (Lipinski definition) is 0. The molecule has 0 bridgehead atoms. The molecule has 2 aromatic carbocycles. The summed E-state index contributed by atoms with van der Waals surface area (Å²) in [6, 6.07) is 18.9. The second-order valence-electron chi connectivity index (χ2n) is 6.24. The van der Waals surface area contributed by atoms with E-state index in [-0.39, 0.29) is 0 Å². The number of nitrogens with zero attached hydrogens (tertiary/aromatic N) is 2. The van der Waals surface area contributed by atoms with Crippen LogP contribution in [-0.4, -0.2) is 49.6 Å². The lowest BCUT2D eigenvalue weighted by Crippen LogP contribution is -2.45. The maximum atomic E-state index is 5.31. The Kier molecular flexibility index (Phi) is 6.05. The fraction of sp³-hybridized carbons (Fsp3) is 0.333. The van der Waals surface area contributed by atoms with Crippen molar-refractivity contribution < 1.29 is 4.74 Å². The lowest BCUT2D eigenvalue weighted by molar-refractivity contribution is 0.137. The molecule has 1 aliphatic rings. The molecule has 0 N–H and O–H groups in total. The van der Waals surface area contributed by atoms with E-state index in [0.29, 0.717) is 0 Å². The average Bonchev–Trinajstić information content (AvgIpc) is 2.64. The first-order chi connectivity index (χ1) is 11.8. The number of benzene rings is 2. The van der Waals surface area contributed by atoms with Crippen molar-refractivity contribution in [3.63, 3.8) is 0 Å². The van der Waals surface area contributed by atoms with Gasteiger partial charge >= 0.3 is 0 Å². The summed E-state index contributed by atoms with van der Waals surface area (Å²) in [5.74, 6) is 0.942. The molecule has 2 aromatic rings. The summed E-state index contributed by atoms with van der Waals surface area (Å²) in [4.78, 5) is 5.04. The molecule has 0 spiro atoms. The van der Waals surface area contributed by atoms with Gasteiger partial charge in [0.2, 0.25) is 0 Å². The van der Waals surface area contributed by atoms with Gasteiger partial charge in [-0.15, -0.1) is 0 Å². The van der Waals surface area contributed by atoms with E-state index in [4.69, 9.17) is 4.74 Å². The highest BCUT2D eigenvalue weighted by Gasteiger charge is 2.15. The second kappa shape index (κ2) is 8.67. The Balaban J connectivity index is 1.43. The summed E-state index contributed by atoms with van der Waals surface area (Å²) in [6.07, 6.45) is 4.48. The third-order valence-corrected chi connectivity index (χ3v) is 4.48. The van der Waals surface area contributed by atoms with E-state index in [9.17, 15) is 0 Å². The van der Waals surface area contributed by atoms with Gasteiger partial charge in [0.15, 0.2) is 0 Å². The van der Waals surface area contributed by atoms with Crippen LogP contribution in [-0.2, 0) is 6.54 Å². The minimum Gasteiger partial charge on any atom is -0.497 e. The number of ether oxygens (including phenoxy) is 1. The number of piperazine rings is 1. The van der Waals surface area contributed by atoms with Gasteiger partial charge in [-0.1, -0.05) is 54.6 Å². The Morgan fingerprint density at radius 2 is 1.67 bits per heavy atom. The molecule has 1 aliphatic heterocycles.